The molecule has 0 aliphatic rings. The van der Waals surface area contributed by atoms with E-state index in [0.29, 0.717) is 15.6 Å². The molecular formula is C8H6N3O4+. The van der Waals surface area contributed by atoms with Crippen LogP contribution in [-0.2, 0) is 0 Å². The zero-order valence-electron chi connectivity index (χ0n) is 7.34. The standard InChI is InChI=1S/C8H5N3O4/c12-7(13)6-1-4-5(10-3-9-4)2-11(6)8(14)15/h1-3H,(H2,12,13,14,15)/p+1. The summed E-state index contributed by atoms with van der Waals surface area (Å²) in [7, 11) is 0. The van der Waals surface area contributed by atoms with Crippen LogP contribution in [0, 0.1) is 0 Å². The molecule has 2 aromatic rings. The van der Waals surface area contributed by atoms with Gasteiger partial charge in [-0.1, -0.05) is 4.57 Å². The molecule has 0 saturated carbocycles. The van der Waals surface area contributed by atoms with E-state index in [0.717, 1.165) is 0 Å². The molecule has 0 aliphatic heterocycles. The summed E-state index contributed by atoms with van der Waals surface area (Å²) in [6, 6.07) is 1.20. The predicted molar refractivity (Wildman–Crippen MR) is 46.7 cm³/mol. The summed E-state index contributed by atoms with van der Waals surface area (Å²) in [5.41, 5.74) is 0.523. The molecule has 0 unspecified atom stereocenters. The molecule has 2 aromatic heterocycles. The van der Waals surface area contributed by atoms with Crippen molar-refractivity contribution >= 4 is 23.1 Å². The Morgan fingerprint density at radius 1 is 1.40 bits per heavy atom. The number of hydrogen-bond acceptors (Lipinski definition) is 3. The SMILES string of the molecule is O=C(O)c1cc2nc[nH]c2c[n+]1C(=O)O. The van der Waals surface area contributed by atoms with Gasteiger partial charge in [-0.25, -0.2) is 9.78 Å². The third-order valence-electron chi connectivity index (χ3n) is 1.92. The molecule has 2 heterocycles. The molecule has 15 heavy (non-hydrogen) atoms. The fraction of sp³-hybridized carbons (Fsp3) is 0. The first-order valence-electron chi connectivity index (χ1n) is 3.95. The lowest BCUT2D eigenvalue weighted by Crippen LogP contribution is -2.46. The molecule has 0 fully saturated rings. The van der Waals surface area contributed by atoms with Crippen molar-refractivity contribution in [3.05, 3.63) is 24.3 Å². The van der Waals surface area contributed by atoms with Crippen LogP contribution < -0.4 is 4.57 Å². The van der Waals surface area contributed by atoms with Gasteiger partial charge in [0.1, 0.15) is 11.0 Å². The van der Waals surface area contributed by atoms with E-state index in [-0.39, 0.29) is 5.69 Å². The van der Waals surface area contributed by atoms with Crippen molar-refractivity contribution in [2.75, 3.05) is 0 Å². The second-order valence-electron chi connectivity index (χ2n) is 2.82. The number of aromatic carboxylic acids is 1. The van der Waals surface area contributed by atoms with Crippen molar-refractivity contribution in [2.24, 2.45) is 0 Å². The molecule has 3 N–H and O–H groups in total. The molecule has 7 heteroatoms. The number of carboxylic acid groups (broad SMARTS) is 2. The first kappa shape index (κ1) is 9.13. The van der Waals surface area contributed by atoms with Crippen molar-refractivity contribution < 1.29 is 24.4 Å². The quantitative estimate of drug-likeness (QED) is 0.575. The van der Waals surface area contributed by atoms with Gasteiger partial charge in [0, 0.05) is 6.07 Å². The Labute approximate surface area is 82.6 Å². The maximum Gasteiger partial charge on any atom is 0.600 e. The van der Waals surface area contributed by atoms with E-state index in [1.807, 2.05) is 0 Å². The largest absolute Gasteiger partial charge is 0.600 e. The molecule has 0 spiro atoms. The molecule has 0 aromatic carbocycles. The maximum atomic E-state index is 10.8. The molecule has 0 bridgehead atoms. The van der Waals surface area contributed by atoms with Crippen molar-refractivity contribution in [3.63, 3.8) is 0 Å². The van der Waals surface area contributed by atoms with Crippen LogP contribution in [0.3, 0.4) is 0 Å². The molecule has 7 nitrogen and oxygen atoms in total. The van der Waals surface area contributed by atoms with Crippen molar-refractivity contribution in [3.8, 4) is 0 Å². The van der Waals surface area contributed by atoms with Gasteiger partial charge in [0.2, 0.25) is 6.20 Å². The fourth-order valence-electron chi connectivity index (χ4n) is 1.25. The highest BCUT2D eigenvalue weighted by Crippen LogP contribution is 2.07. The number of fused-ring (bicyclic) bond motifs is 1. The van der Waals surface area contributed by atoms with Gasteiger partial charge in [0.05, 0.1) is 6.33 Å². The number of carboxylic acids is 1. The molecule has 0 saturated heterocycles. The fourth-order valence-corrected chi connectivity index (χ4v) is 1.25. The van der Waals surface area contributed by atoms with E-state index in [1.165, 1.54) is 18.6 Å². The lowest BCUT2D eigenvalue weighted by molar-refractivity contribution is -0.585. The highest BCUT2D eigenvalue weighted by atomic mass is 16.4. The van der Waals surface area contributed by atoms with Crippen molar-refractivity contribution in [1.29, 1.82) is 0 Å². The van der Waals surface area contributed by atoms with E-state index in [4.69, 9.17) is 10.2 Å². The smallest absolute Gasteiger partial charge is 0.473 e. The second-order valence-corrected chi connectivity index (χ2v) is 2.82. The van der Waals surface area contributed by atoms with Crippen LogP contribution in [0.1, 0.15) is 10.5 Å². The van der Waals surface area contributed by atoms with Gasteiger partial charge in [0.25, 0.3) is 0 Å². The number of imidazole rings is 1. The minimum absolute atomic E-state index is 0.345. The Kier molecular flexibility index (Phi) is 1.86. The first-order chi connectivity index (χ1) is 7.09. The Balaban J connectivity index is 2.79. The minimum atomic E-state index is -1.36. The van der Waals surface area contributed by atoms with Crippen LogP contribution in [0.5, 0.6) is 0 Å². The number of pyridine rings is 1. The molecular weight excluding hydrogens is 202 g/mol. The van der Waals surface area contributed by atoms with E-state index in [1.54, 1.807) is 0 Å². The van der Waals surface area contributed by atoms with Gasteiger partial charge < -0.3 is 15.2 Å². The Hall–Kier alpha value is -2.44. The second kappa shape index (κ2) is 3.05. The normalized spacial score (nSPS) is 10.4. The molecule has 0 amide bonds. The summed E-state index contributed by atoms with van der Waals surface area (Å²) in [5.74, 6) is -1.32. The van der Waals surface area contributed by atoms with Gasteiger partial charge in [-0.15, -0.1) is 0 Å². The summed E-state index contributed by atoms with van der Waals surface area (Å²) < 4.78 is 0.628. The Morgan fingerprint density at radius 3 is 2.73 bits per heavy atom. The number of aromatic nitrogens is 3. The van der Waals surface area contributed by atoms with Crippen LogP contribution in [0.2, 0.25) is 0 Å². The summed E-state index contributed by atoms with van der Waals surface area (Å²) in [5, 5.41) is 17.6. The number of rotatable bonds is 1. The highest BCUT2D eigenvalue weighted by molar-refractivity contribution is 5.88. The first-order valence-corrected chi connectivity index (χ1v) is 3.95. The van der Waals surface area contributed by atoms with Gasteiger partial charge in [-0.2, -0.15) is 4.79 Å². The number of carbonyl (C=O) groups is 2. The number of aromatic amines is 1. The average Bonchev–Trinajstić information content (AvgIpc) is 2.61. The summed E-state index contributed by atoms with van der Waals surface area (Å²) >= 11 is 0. The monoisotopic (exact) mass is 208 g/mol. The zero-order chi connectivity index (χ0) is 11.0. The molecule has 0 atom stereocenters. The van der Waals surface area contributed by atoms with Crippen molar-refractivity contribution in [2.45, 2.75) is 0 Å². The number of nitrogens with zero attached hydrogens (tertiary/aromatic N) is 2. The summed E-state index contributed by atoms with van der Waals surface area (Å²) in [6.07, 6.45) is 1.18. The Bertz CT molecular complexity index is 512. The van der Waals surface area contributed by atoms with Crippen LogP contribution in [-0.4, -0.2) is 32.2 Å². The van der Waals surface area contributed by atoms with E-state index in [9.17, 15) is 9.59 Å². The number of nitrogens with one attached hydrogen (secondary N) is 1. The summed E-state index contributed by atoms with van der Waals surface area (Å²) in [4.78, 5) is 28.1. The Morgan fingerprint density at radius 2 is 2.13 bits per heavy atom. The van der Waals surface area contributed by atoms with Crippen molar-refractivity contribution in [1.82, 2.24) is 9.97 Å². The topological polar surface area (TPSA) is 107 Å². The molecule has 76 valence electrons. The van der Waals surface area contributed by atoms with Crippen LogP contribution in [0.15, 0.2) is 18.6 Å². The average molecular weight is 208 g/mol. The predicted octanol–water partition coefficient (Wildman–Crippen LogP) is 0.0747. The van der Waals surface area contributed by atoms with Crippen LogP contribution >= 0.6 is 0 Å². The summed E-state index contributed by atoms with van der Waals surface area (Å²) in [6.45, 7) is 0. The van der Waals surface area contributed by atoms with E-state index >= 15 is 0 Å². The highest BCUT2D eigenvalue weighted by Gasteiger charge is 2.26. The maximum absolute atomic E-state index is 10.8. The van der Waals surface area contributed by atoms with Gasteiger partial charge >= 0.3 is 17.8 Å². The van der Waals surface area contributed by atoms with E-state index in [2.05, 4.69) is 9.97 Å². The third-order valence-corrected chi connectivity index (χ3v) is 1.92. The number of hydrogen-bond donors (Lipinski definition) is 3. The van der Waals surface area contributed by atoms with Crippen LogP contribution in [0.25, 0.3) is 11.0 Å². The van der Waals surface area contributed by atoms with E-state index < -0.39 is 12.1 Å². The van der Waals surface area contributed by atoms with Gasteiger partial charge in [-0.3, -0.25) is 0 Å². The molecule has 0 aliphatic carbocycles. The molecule has 2 rings (SSSR count). The zero-order valence-corrected chi connectivity index (χ0v) is 7.34. The minimum Gasteiger partial charge on any atom is -0.473 e. The molecule has 0 radical (unpaired) electrons. The van der Waals surface area contributed by atoms with Gasteiger partial charge in [-0.05, 0) is 0 Å². The number of H-pyrrole nitrogens is 1. The third kappa shape index (κ3) is 1.39. The lowest BCUT2D eigenvalue weighted by Gasteiger charge is -1.93. The van der Waals surface area contributed by atoms with Gasteiger partial charge in [0.15, 0.2) is 0 Å². The lowest BCUT2D eigenvalue weighted by atomic mass is 10.3. The van der Waals surface area contributed by atoms with Crippen LogP contribution in [0.4, 0.5) is 4.79 Å².